The lowest BCUT2D eigenvalue weighted by Crippen LogP contribution is -2.49. The van der Waals surface area contributed by atoms with Gasteiger partial charge in [-0.15, -0.1) is 0 Å². The van der Waals surface area contributed by atoms with Crippen LogP contribution < -0.4 is 0 Å². The molecule has 4 aliphatic rings. The first-order valence-electron chi connectivity index (χ1n) is 11.7. The second-order valence-corrected chi connectivity index (χ2v) is 9.99. The second-order valence-electron chi connectivity index (χ2n) is 9.99. The van der Waals surface area contributed by atoms with Gasteiger partial charge in [-0.25, -0.2) is 0 Å². The molecule has 0 aromatic heterocycles. The van der Waals surface area contributed by atoms with Crippen molar-refractivity contribution in [3.05, 3.63) is 0 Å². The standard InChI is InChI=1S/C22H38O.C2H6/c1-4-15-5-7-17-16(13-15)6-8-19-18(17)11-12-22(3)20(14(2)23)9-10-21(19)22;1-2/h14-21,23H,4-13H2,1-3H3;1-2H3. The van der Waals surface area contributed by atoms with Crippen LogP contribution in [-0.4, -0.2) is 11.2 Å². The third-order valence-electron chi connectivity index (χ3n) is 9.30. The molecule has 0 bridgehead atoms. The molecule has 1 heteroatoms. The van der Waals surface area contributed by atoms with Gasteiger partial charge in [0.15, 0.2) is 0 Å². The van der Waals surface area contributed by atoms with E-state index in [2.05, 4.69) is 13.8 Å². The van der Waals surface area contributed by atoms with Crippen molar-refractivity contribution in [1.82, 2.24) is 0 Å². The largest absolute Gasteiger partial charge is 0.393 e. The van der Waals surface area contributed by atoms with Crippen LogP contribution in [0.2, 0.25) is 0 Å². The number of hydrogen-bond donors (Lipinski definition) is 1. The van der Waals surface area contributed by atoms with E-state index in [1.807, 2.05) is 20.8 Å². The van der Waals surface area contributed by atoms with Crippen molar-refractivity contribution in [2.24, 2.45) is 46.8 Å². The van der Waals surface area contributed by atoms with Crippen molar-refractivity contribution in [1.29, 1.82) is 0 Å². The highest BCUT2D eigenvalue weighted by atomic mass is 16.3. The Morgan fingerprint density at radius 2 is 1.64 bits per heavy atom. The van der Waals surface area contributed by atoms with E-state index in [-0.39, 0.29) is 6.10 Å². The van der Waals surface area contributed by atoms with Crippen LogP contribution >= 0.6 is 0 Å². The minimum atomic E-state index is -0.0992. The van der Waals surface area contributed by atoms with E-state index in [1.54, 1.807) is 6.42 Å². The number of rotatable bonds is 2. The molecule has 146 valence electrons. The van der Waals surface area contributed by atoms with Gasteiger partial charge in [-0.1, -0.05) is 40.5 Å². The molecule has 4 rings (SSSR count). The number of aliphatic hydroxyl groups is 1. The Balaban J connectivity index is 0.000000880. The molecule has 0 aromatic carbocycles. The van der Waals surface area contributed by atoms with Gasteiger partial charge in [0.05, 0.1) is 6.10 Å². The average Bonchev–Trinajstić information content (AvgIpc) is 3.00. The molecule has 4 saturated carbocycles. The van der Waals surface area contributed by atoms with Crippen LogP contribution in [0.4, 0.5) is 0 Å². The Morgan fingerprint density at radius 1 is 0.920 bits per heavy atom. The summed E-state index contributed by atoms with van der Waals surface area (Å²) in [5.74, 6) is 6.69. The topological polar surface area (TPSA) is 20.2 Å². The predicted octanol–water partition coefficient (Wildman–Crippen LogP) is 6.69. The molecule has 0 aromatic rings. The average molecular weight is 349 g/mol. The second kappa shape index (κ2) is 7.91. The Hall–Kier alpha value is -0.0400. The zero-order valence-corrected chi connectivity index (χ0v) is 17.6. The zero-order chi connectivity index (χ0) is 18.2. The molecule has 4 fully saturated rings. The highest BCUT2D eigenvalue weighted by Crippen LogP contribution is 2.64. The predicted molar refractivity (Wildman–Crippen MR) is 107 cm³/mol. The third-order valence-corrected chi connectivity index (χ3v) is 9.30. The van der Waals surface area contributed by atoms with Gasteiger partial charge >= 0.3 is 0 Å². The lowest BCUT2D eigenvalue weighted by atomic mass is 9.49. The van der Waals surface area contributed by atoms with Crippen molar-refractivity contribution >= 4 is 0 Å². The summed E-state index contributed by atoms with van der Waals surface area (Å²) >= 11 is 0. The van der Waals surface area contributed by atoms with Gasteiger partial charge in [-0.2, -0.15) is 0 Å². The lowest BCUT2D eigenvalue weighted by molar-refractivity contribution is -0.0821. The molecule has 9 atom stereocenters. The fourth-order valence-electron chi connectivity index (χ4n) is 8.15. The Morgan fingerprint density at radius 3 is 2.32 bits per heavy atom. The van der Waals surface area contributed by atoms with Gasteiger partial charge in [0.25, 0.3) is 0 Å². The number of hydrogen-bond acceptors (Lipinski definition) is 1. The number of aliphatic hydroxyl groups excluding tert-OH is 1. The summed E-state index contributed by atoms with van der Waals surface area (Å²) in [5, 5.41) is 10.3. The molecule has 0 aliphatic heterocycles. The van der Waals surface area contributed by atoms with E-state index in [0.717, 1.165) is 35.5 Å². The molecule has 25 heavy (non-hydrogen) atoms. The quantitative estimate of drug-likeness (QED) is 0.589. The van der Waals surface area contributed by atoms with Crippen molar-refractivity contribution < 1.29 is 5.11 Å². The van der Waals surface area contributed by atoms with Crippen molar-refractivity contribution in [2.75, 3.05) is 0 Å². The zero-order valence-electron chi connectivity index (χ0n) is 17.6. The van der Waals surface area contributed by atoms with Crippen molar-refractivity contribution in [3.8, 4) is 0 Å². The molecule has 1 nitrogen and oxygen atoms in total. The van der Waals surface area contributed by atoms with E-state index in [4.69, 9.17) is 0 Å². The SMILES string of the molecule is CC.CCC1CCC2C(CCC3C2CCC2(C)C(C(C)O)CCC32)C1. The molecule has 0 amide bonds. The summed E-state index contributed by atoms with van der Waals surface area (Å²) in [5.41, 5.74) is 0.447. The van der Waals surface area contributed by atoms with E-state index in [9.17, 15) is 5.11 Å². The monoisotopic (exact) mass is 348 g/mol. The maximum Gasteiger partial charge on any atom is 0.0545 e. The molecule has 4 aliphatic carbocycles. The maximum absolute atomic E-state index is 10.3. The molecular formula is C24H44O. The van der Waals surface area contributed by atoms with Crippen LogP contribution in [0.25, 0.3) is 0 Å². The highest BCUT2D eigenvalue weighted by Gasteiger charge is 2.57. The Bertz CT molecular complexity index is 430. The molecule has 0 heterocycles. The van der Waals surface area contributed by atoms with Gasteiger partial charge in [0, 0.05) is 0 Å². The molecule has 0 radical (unpaired) electrons. The first kappa shape index (κ1) is 19.7. The summed E-state index contributed by atoms with van der Waals surface area (Å²) < 4.78 is 0. The molecule has 9 unspecified atom stereocenters. The lowest BCUT2D eigenvalue weighted by Gasteiger charge is -2.56. The first-order valence-corrected chi connectivity index (χ1v) is 11.7. The fraction of sp³-hybridized carbons (Fsp3) is 1.00. The fourth-order valence-corrected chi connectivity index (χ4v) is 8.15. The first-order chi connectivity index (χ1) is 12.0. The van der Waals surface area contributed by atoms with Crippen LogP contribution in [0.5, 0.6) is 0 Å². The summed E-state index contributed by atoms with van der Waals surface area (Å²) in [4.78, 5) is 0. The third kappa shape index (κ3) is 3.32. The maximum atomic E-state index is 10.3. The molecule has 0 saturated heterocycles. The van der Waals surface area contributed by atoms with Gasteiger partial charge in [-0.3, -0.25) is 0 Å². The van der Waals surface area contributed by atoms with Crippen LogP contribution in [0.1, 0.15) is 98.8 Å². The van der Waals surface area contributed by atoms with E-state index >= 15 is 0 Å². The van der Waals surface area contributed by atoms with Crippen molar-refractivity contribution in [3.63, 3.8) is 0 Å². The van der Waals surface area contributed by atoms with Crippen LogP contribution in [0, 0.1) is 46.8 Å². The van der Waals surface area contributed by atoms with E-state index < -0.39 is 0 Å². The molecule has 1 N–H and O–H groups in total. The Kier molecular flexibility index (Phi) is 6.24. The molecule has 0 spiro atoms. The normalized spacial score (nSPS) is 49.9. The van der Waals surface area contributed by atoms with Gasteiger partial charge in [0.1, 0.15) is 0 Å². The van der Waals surface area contributed by atoms with E-state index in [1.165, 1.54) is 57.8 Å². The highest BCUT2D eigenvalue weighted by molar-refractivity contribution is 5.06. The van der Waals surface area contributed by atoms with Crippen LogP contribution in [0.3, 0.4) is 0 Å². The summed E-state index contributed by atoms with van der Waals surface area (Å²) in [6.45, 7) is 11.0. The van der Waals surface area contributed by atoms with E-state index in [0.29, 0.717) is 11.3 Å². The van der Waals surface area contributed by atoms with Gasteiger partial charge < -0.3 is 5.11 Å². The van der Waals surface area contributed by atoms with Gasteiger partial charge in [0.2, 0.25) is 0 Å². The number of fused-ring (bicyclic) bond motifs is 5. The van der Waals surface area contributed by atoms with Gasteiger partial charge in [-0.05, 0) is 105 Å². The summed E-state index contributed by atoms with van der Waals surface area (Å²) in [6.07, 6.45) is 14.5. The Labute approximate surface area is 157 Å². The smallest absolute Gasteiger partial charge is 0.0545 e. The van der Waals surface area contributed by atoms with Crippen LogP contribution in [-0.2, 0) is 0 Å². The summed E-state index contributed by atoms with van der Waals surface area (Å²) in [6, 6.07) is 0. The summed E-state index contributed by atoms with van der Waals surface area (Å²) in [7, 11) is 0. The van der Waals surface area contributed by atoms with Crippen molar-refractivity contribution in [2.45, 2.75) is 105 Å². The van der Waals surface area contributed by atoms with Crippen LogP contribution in [0.15, 0.2) is 0 Å². The minimum Gasteiger partial charge on any atom is -0.393 e. The molecular weight excluding hydrogens is 304 g/mol. The minimum absolute atomic E-state index is 0.0992.